The molecule has 5 rings (SSSR count). The van der Waals surface area contributed by atoms with E-state index in [-0.39, 0.29) is 11.3 Å². The summed E-state index contributed by atoms with van der Waals surface area (Å²) in [5, 5.41) is 27.1. The minimum absolute atomic E-state index is 0.128. The summed E-state index contributed by atoms with van der Waals surface area (Å²) in [6, 6.07) is 6.27. The van der Waals surface area contributed by atoms with Crippen molar-refractivity contribution in [3.05, 3.63) is 59.7 Å². The Bertz CT molecular complexity index is 1420. The number of rotatable bonds is 6. The van der Waals surface area contributed by atoms with Crippen LogP contribution >= 0.6 is 0 Å². The fraction of sp³-hybridized carbons (Fsp3) is 0.304. The lowest BCUT2D eigenvalue weighted by atomic mass is 10.1. The molecule has 4 aromatic rings. The number of aromatic nitrogens is 5. The van der Waals surface area contributed by atoms with Crippen molar-refractivity contribution in [1.82, 2.24) is 29.6 Å². The Morgan fingerprint density at radius 1 is 1.22 bits per heavy atom. The number of halogens is 3. The largest absolute Gasteiger partial charge is 0.454 e. The molecule has 0 spiro atoms. The summed E-state index contributed by atoms with van der Waals surface area (Å²) in [5.74, 6) is -1.28. The third-order valence-corrected chi connectivity index (χ3v) is 6.04. The van der Waals surface area contributed by atoms with Gasteiger partial charge in [0.05, 0.1) is 23.5 Å². The molecule has 4 N–H and O–H groups in total. The van der Waals surface area contributed by atoms with Crippen LogP contribution in [-0.2, 0) is 6.54 Å². The van der Waals surface area contributed by atoms with Crippen LogP contribution in [0.4, 0.5) is 24.8 Å². The second kappa shape index (κ2) is 9.00. The van der Waals surface area contributed by atoms with Crippen LogP contribution in [-0.4, -0.2) is 77.1 Å². The second-order valence-electron chi connectivity index (χ2n) is 8.67. The molecule has 0 bridgehead atoms. The number of aryl methyl sites for hydroxylation is 1. The molecule has 0 saturated carbocycles. The molecule has 2 atom stereocenters. The molecule has 1 saturated heterocycles. The van der Waals surface area contributed by atoms with Crippen molar-refractivity contribution in [3.63, 3.8) is 0 Å². The number of aliphatic hydroxyl groups excluding tert-OH is 2. The van der Waals surface area contributed by atoms with Gasteiger partial charge in [0.1, 0.15) is 0 Å². The van der Waals surface area contributed by atoms with Crippen LogP contribution in [0.5, 0.6) is 0 Å². The quantitative estimate of drug-likeness (QED) is 0.296. The van der Waals surface area contributed by atoms with Gasteiger partial charge in [0.2, 0.25) is 5.95 Å². The number of aliphatic hydroxyl groups is 2. The summed E-state index contributed by atoms with van der Waals surface area (Å²) in [4.78, 5) is 25.0. The standard InChI is InChI=1S/C23H22F3N7O3/c1-12-13(8-32-10-18(34)19(35)11-32)9-33(31-12)20-4-5-27-22(30-20)29-14-2-3-17-15(6-14)16(7-28-17)21(36)23(24,25)26/h2-7,9,18-19,28,34-35H,8,10-11H2,1H3,(H,27,29,30)/t18-,19-/m0/s1. The maximum Gasteiger partial charge on any atom is 0.454 e. The third kappa shape index (κ3) is 4.67. The monoisotopic (exact) mass is 501 g/mol. The Hall–Kier alpha value is -3.81. The molecule has 0 unspecified atom stereocenters. The number of nitrogens with zero attached hydrogens (tertiary/aromatic N) is 5. The van der Waals surface area contributed by atoms with Crippen LogP contribution in [0.15, 0.2) is 42.9 Å². The van der Waals surface area contributed by atoms with E-state index in [0.717, 1.165) is 17.5 Å². The van der Waals surface area contributed by atoms with E-state index >= 15 is 0 Å². The lowest BCUT2D eigenvalue weighted by Gasteiger charge is -2.13. The Morgan fingerprint density at radius 2 is 1.97 bits per heavy atom. The minimum atomic E-state index is -4.98. The second-order valence-corrected chi connectivity index (χ2v) is 8.67. The number of fused-ring (bicyclic) bond motifs is 1. The number of H-pyrrole nitrogens is 1. The van der Waals surface area contributed by atoms with Crippen molar-refractivity contribution in [2.75, 3.05) is 18.4 Å². The molecular weight excluding hydrogens is 479 g/mol. The first-order valence-electron chi connectivity index (χ1n) is 11.1. The maximum atomic E-state index is 12.9. The number of nitrogens with one attached hydrogen (secondary N) is 2. The molecule has 10 nitrogen and oxygen atoms in total. The van der Waals surface area contributed by atoms with E-state index < -0.39 is 29.7 Å². The van der Waals surface area contributed by atoms with Gasteiger partial charge in [-0.3, -0.25) is 9.69 Å². The summed E-state index contributed by atoms with van der Waals surface area (Å²) in [5.41, 5.74) is 2.00. The first-order valence-corrected chi connectivity index (χ1v) is 11.1. The third-order valence-electron chi connectivity index (χ3n) is 6.04. The fourth-order valence-electron chi connectivity index (χ4n) is 4.19. The van der Waals surface area contributed by atoms with Crippen LogP contribution in [0.3, 0.4) is 0 Å². The predicted molar refractivity (Wildman–Crippen MR) is 123 cm³/mol. The number of hydrogen-bond donors (Lipinski definition) is 4. The van der Waals surface area contributed by atoms with Crippen molar-refractivity contribution < 1.29 is 28.2 Å². The van der Waals surface area contributed by atoms with E-state index in [0.29, 0.717) is 36.7 Å². The molecule has 1 aromatic carbocycles. The number of likely N-dealkylation sites (tertiary alicyclic amines) is 1. The zero-order valence-corrected chi connectivity index (χ0v) is 19.0. The number of carbonyl (C=O) groups is 1. The lowest BCUT2D eigenvalue weighted by molar-refractivity contribution is -0.0884. The number of hydrogen-bond acceptors (Lipinski definition) is 8. The highest BCUT2D eigenvalue weighted by Crippen LogP contribution is 2.29. The molecule has 1 aliphatic rings. The topological polar surface area (TPSA) is 132 Å². The Morgan fingerprint density at radius 3 is 2.69 bits per heavy atom. The first kappa shape index (κ1) is 23.9. The predicted octanol–water partition coefficient (Wildman–Crippen LogP) is 2.48. The van der Waals surface area contributed by atoms with E-state index in [1.54, 1.807) is 29.1 Å². The van der Waals surface area contributed by atoms with Crippen molar-refractivity contribution in [2.45, 2.75) is 31.9 Å². The number of alkyl halides is 3. The van der Waals surface area contributed by atoms with Crippen LogP contribution in [0, 0.1) is 6.92 Å². The van der Waals surface area contributed by atoms with Gasteiger partial charge in [-0.15, -0.1) is 0 Å². The number of aromatic amines is 1. The molecule has 1 aliphatic heterocycles. The lowest BCUT2D eigenvalue weighted by Crippen LogP contribution is -2.22. The molecule has 0 aliphatic carbocycles. The maximum absolute atomic E-state index is 12.9. The normalized spacial score (nSPS) is 18.7. The van der Waals surface area contributed by atoms with Gasteiger partial charge in [0.25, 0.3) is 5.78 Å². The van der Waals surface area contributed by atoms with E-state index in [1.807, 2.05) is 11.8 Å². The van der Waals surface area contributed by atoms with Gasteiger partial charge in [-0.2, -0.15) is 23.3 Å². The van der Waals surface area contributed by atoms with Crippen molar-refractivity contribution in [3.8, 4) is 5.82 Å². The summed E-state index contributed by atoms with van der Waals surface area (Å²) in [6.07, 6.45) is -2.16. The highest BCUT2D eigenvalue weighted by molar-refractivity contribution is 6.11. The molecule has 0 amide bonds. The van der Waals surface area contributed by atoms with Gasteiger partial charge in [-0.05, 0) is 25.1 Å². The van der Waals surface area contributed by atoms with E-state index in [4.69, 9.17) is 0 Å². The average Bonchev–Trinajstić information content (AvgIpc) is 3.50. The number of anilines is 2. The Kier molecular flexibility index (Phi) is 5.98. The molecule has 36 heavy (non-hydrogen) atoms. The van der Waals surface area contributed by atoms with E-state index in [1.165, 1.54) is 12.3 Å². The summed E-state index contributed by atoms with van der Waals surface area (Å²) < 4.78 is 40.4. The van der Waals surface area contributed by atoms with Crippen LogP contribution < -0.4 is 5.32 Å². The van der Waals surface area contributed by atoms with E-state index in [2.05, 4.69) is 25.4 Å². The van der Waals surface area contributed by atoms with Crippen molar-refractivity contribution in [2.24, 2.45) is 0 Å². The highest BCUT2D eigenvalue weighted by Gasteiger charge is 2.40. The molecule has 0 radical (unpaired) electrons. The van der Waals surface area contributed by atoms with E-state index in [9.17, 15) is 28.2 Å². The van der Waals surface area contributed by atoms with Crippen LogP contribution in [0.2, 0.25) is 0 Å². The molecule has 1 fully saturated rings. The molecule has 13 heteroatoms. The van der Waals surface area contributed by atoms with Crippen LogP contribution in [0.1, 0.15) is 21.6 Å². The SMILES string of the molecule is Cc1nn(-c2ccnc(Nc3ccc4[nH]cc(C(=O)C(F)(F)F)c4c3)n2)cc1CN1C[C@H](O)[C@@H](O)C1. The summed E-state index contributed by atoms with van der Waals surface area (Å²) in [6.45, 7) is 3.09. The van der Waals surface area contributed by atoms with Crippen LogP contribution in [0.25, 0.3) is 16.7 Å². The first-order chi connectivity index (χ1) is 17.1. The molecule has 3 aromatic heterocycles. The molecule has 188 valence electrons. The minimum Gasteiger partial charge on any atom is -0.389 e. The zero-order valence-electron chi connectivity index (χ0n) is 19.0. The fourth-order valence-corrected chi connectivity index (χ4v) is 4.19. The summed E-state index contributed by atoms with van der Waals surface area (Å²) >= 11 is 0. The molecule has 4 heterocycles. The number of β-amino-alcohol motifs (C(OH)–C–C–N with tert-alkyl or cyclic N) is 2. The van der Waals surface area contributed by atoms with Gasteiger partial charge in [0, 0.05) is 66.4 Å². The smallest absolute Gasteiger partial charge is 0.389 e. The van der Waals surface area contributed by atoms with Gasteiger partial charge in [-0.1, -0.05) is 0 Å². The number of benzene rings is 1. The van der Waals surface area contributed by atoms with Gasteiger partial charge in [0.15, 0.2) is 5.82 Å². The average molecular weight is 501 g/mol. The Labute approximate surface area is 202 Å². The van der Waals surface area contributed by atoms with Gasteiger partial charge >= 0.3 is 6.18 Å². The van der Waals surface area contributed by atoms with Crippen molar-refractivity contribution >= 4 is 28.3 Å². The zero-order chi connectivity index (χ0) is 25.6. The number of Topliss-reactive ketones (excluding diaryl/α,β-unsaturated/α-hetero) is 1. The summed E-state index contributed by atoms with van der Waals surface area (Å²) in [7, 11) is 0. The Balaban J connectivity index is 1.36. The van der Waals surface area contributed by atoms with Crippen molar-refractivity contribution in [1.29, 1.82) is 0 Å². The number of ketones is 1. The molecular formula is C23H22F3N7O3. The van der Waals surface area contributed by atoms with Gasteiger partial charge in [-0.25, -0.2) is 9.67 Å². The van der Waals surface area contributed by atoms with Gasteiger partial charge < -0.3 is 20.5 Å². The number of carbonyl (C=O) groups excluding carboxylic acids is 1. The highest BCUT2D eigenvalue weighted by atomic mass is 19.4.